The van der Waals surface area contributed by atoms with Crippen LogP contribution in [0.4, 0.5) is 5.69 Å². The minimum atomic E-state index is -0.287. The van der Waals surface area contributed by atoms with Gasteiger partial charge in [-0.2, -0.15) is 0 Å². The van der Waals surface area contributed by atoms with Crippen LogP contribution in [-0.4, -0.2) is 40.2 Å². The fourth-order valence-electron chi connectivity index (χ4n) is 3.77. The van der Waals surface area contributed by atoms with E-state index in [1.807, 2.05) is 72.3 Å². The number of rotatable bonds is 2. The fourth-order valence-corrected chi connectivity index (χ4v) is 5.82. The predicted octanol–water partition coefficient (Wildman–Crippen LogP) is 3.19. The van der Waals surface area contributed by atoms with Crippen LogP contribution < -0.4 is 10.6 Å². The summed E-state index contributed by atoms with van der Waals surface area (Å²) in [4.78, 5) is 22.7. The molecule has 30 heavy (non-hydrogen) atoms. The molecule has 2 N–H and O–H groups in total. The summed E-state index contributed by atoms with van der Waals surface area (Å²) in [6.45, 7) is 1.94. The number of hydrogen-bond donors (Lipinski definition) is 2. The van der Waals surface area contributed by atoms with Gasteiger partial charge >= 0.3 is 177 Å². The van der Waals surface area contributed by atoms with Crippen molar-refractivity contribution in [3.05, 3.63) is 76.4 Å². The molecule has 0 radical (unpaired) electrons. The molecule has 8 heteroatoms. The van der Waals surface area contributed by atoms with Gasteiger partial charge in [0.15, 0.2) is 0 Å². The molecule has 5 aromatic rings. The predicted molar refractivity (Wildman–Crippen MR) is 116 cm³/mol. The summed E-state index contributed by atoms with van der Waals surface area (Å²) >= 11 is -0.218. The SMILES string of the molecule is Cc1nn(-c2ccccc2)c2nc3[se]c4c(c3nc12)NC(c1ccccc1)NC4=O. The van der Waals surface area contributed by atoms with E-state index >= 15 is 0 Å². The summed E-state index contributed by atoms with van der Waals surface area (Å²) in [5.74, 6) is -0.0529. The van der Waals surface area contributed by atoms with Crippen molar-refractivity contribution in [2.75, 3.05) is 5.32 Å². The van der Waals surface area contributed by atoms with E-state index in [4.69, 9.17) is 9.97 Å². The number of carbonyl (C=O) groups is 1. The van der Waals surface area contributed by atoms with Crippen LogP contribution in [0.2, 0.25) is 0 Å². The number of anilines is 1. The van der Waals surface area contributed by atoms with E-state index in [-0.39, 0.29) is 26.6 Å². The maximum atomic E-state index is 12.8. The van der Waals surface area contributed by atoms with E-state index in [0.717, 1.165) is 48.1 Å². The van der Waals surface area contributed by atoms with Gasteiger partial charge in [-0.05, 0) is 0 Å². The number of aryl methyl sites for hydroxylation is 1. The summed E-state index contributed by atoms with van der Waals surface area (Å²) in [6.07, 6.45) is -0.287. The van der Waals surface area contributed by atoms with Crippen LogP contribution >= 0.6 is 0 Å². The van der Waals surface area contributed by atoms with Crippen LogP contribution in [0.25, 0.3) is 26.8 Å². The molecule has 0 aliphatic carbocycles. The number of amides is 1. The molecule has 1 amide bonds. The molecule has 1 aliphatic heterocycles. The Balaban J connectivity index is 1.54. The van der Waals surface area contributed by atoms with Gasteiger partial charge in [-0.15, -0.1) is 0 Å². The van der Waals surface area contributed by atoms with Crippen LogP contribution in [0.3, 0.4) is 0 Å². The Hall–Kier alpha value is -3.48. The first kappa shape index (κ1) is 17.4. The van der Waals surface area contributed by atoms with Crippen molar-refractivity contribution in [1.29, 1.82) is 0 Å². The molecule has 4 heterocycles. The molecular weight excluding hydrogens is 443 g/mol. The topological polar surface area (TPSA) is 84.7 Å². The fraction of sp³-hybridized carbons (Fsp3) is 0.0909. The number of benzene rings is 2. The Morgan fingerprint density at radius 1 is 0.933 bits per heavy atom. The molecule has 1 unspecified atom stereocenters. The van der Waals surface area contributed by atoms with Crippen molar-refractivity contribution >= 4 is 47.2 Å². The molecule has 0 spiro atoms. The second-order valence-corrected chi connectivity index (χ2v) is 9.25. The summed E-state index contributed by atoms with van der Waals surface area (Å²) in [6, 6.07) is 19.8. The monoisotopic (exact) mass is 460 g/mol. The number of carbonyl (C=O) groups excluding carboxylic acids is 1. The van der Waals surface area contributed by atoms with Crippen LogP contribution in [-0.2, 0) is 0 Å². The average molecular weight is 459 g/mol. The van der Waals surface area contributed by atoms with Crippen LogP contribution in [0.15, 0.2) is 60.7 Å². The first-order chi connectivity index (χ1) is 14.7. The molecule has 0 saturated heterocycles. The number of nitrogens with one attached hydrogen (secondary N) is 2. The molecule has 0 fully saturated rings. The molecule has 6 rings (SSSR count). The van der Waals surface area contributed by atoms with E-state index < -0.39 is 0 Å². The second-order valence-electron chi connectivity index (χ2n) is 7.15. The molecule has 7 nitrogen and oxygen atoms in total. The molecular formula is C22H16N6OSe. The molecule has 3 aromatic heterocycles. The first-order valence-electron chi connectivity index (χ1n) is 9.57. The van der Waals surface area contributed by atoms with Gasteiger partial charge in [-0.25, -0.2) is 0 Å². The number of para-hydroxylation sites is 1. The number of fused-ring (bicyclic) bond motifs is 4. The van der Waals surface area contributed by atoms with Crippen molar-refractivity contribution in [1.82, 2.24) is 25.1 Å². The summed E-state index contributed by atoms with van der Waals surface area (Å²) < 4.78 is 3.42. The Labute approximate surface area is 177 Å². The van der Waals surface area contributed by atoms with Crippen molar-refractivity contribution in [2.24, 2.45) is 0 Å². The zero-order valence-corrected chi connectivity index (χ0v) is 17.7. The quantitative estimate of drug-likeness (QED) is 0.396. The van der Waals surface area contributed by atoms with Gasteiger partial charge in [-0.3, -0.25) is 0 Å². The molecule has 2 aromatic carbocycles. The Morgan fingerprint density at radius 2 is 1.67 bits per heavy atom. The maximum absolute atomic E-state index is 12.8. The van der Waals surface area contributed by atoms with E-state index in [0.29, 0.717) is 0 Å². The second kappa shape index (κ2) is 6.52. The van der Waals surface area contributed by atoms with E-state index in [1.165, 1.54) is 0 Å². The zero-order valence-electron chi connectivity index (χ0n) is 16.0. The average Bonchev–Trinajstić information content (AvgIpc) is 3.31. The molecule has 1 aliphatic rings. The third-order valence-corrected chi connectivity index (χ3v) is 7.45. The van der Waals surface area contributed by atoms with Crippen molar-refractivity contribution in [2.45, 2.75) is 13.1 Å². The van der Waals surface area contributed by atoms with Crippen molar-refractivity contribution in [3.8, 4) is 5.69 Å². The minimum absolute atomic E-state index is 0.0529. The molecule has 0 saturated carbocycles. The summed E-state index contributed by atoms with van der Waals surface area (Å²) in [7, 11) is 0. The van der Waals surface area contributed by atoms with Gasteiger partial charge < -0.3 is 0 Å². The Kier molecular flexibility index (Phi) is 3.78. The van der Waals surface area contributed by atoms with E-state index in [1.54, 1.807) is 0 Å². The third kappa shape index (κ3) is 2.58. The Bertz CT molecular complexity index is 1420. The number of nitrogens with zero attached hydrogens (tertiary/aromatic N) is 4. The molecule has 146 valence electrons. The number of aromatic nitrogens is 4. The van der Waals surface area contributed by atoms with Crippen LogP contribution in [0, 0.1) is 6.92 Å². The Morgan fingerprint density at radius 3 is 2.43 bits per heavy atom. The zero-order chi connectivity index (χ0) is 20.2. The number of hydrogen-bond acceptors (Lipinski definition) is 5. The molecule has 0 bridgehead atoms. The van der Waals surface area contributed by atoms with Crippen LogP contribution in [0.1, 0.15) is 26.7 Å². The third-order valence-electron chi connectivity index (χ3n) is 5.21. The van der Waals surface area contributed by atoms with Gasteiger partial charge in [0, 0.05) is 0 Å². The van der Waals surface area contributed by atoms with Gasteiger partial charge in [0.05, 0.1) is 0 Å². The van der Waals surface area contributed by atoms with E-state index in [2.05, 4.69) is 15.7 Å². The van der Waals surface area contributed by atoms with Gasteiger partial charge in [0.1, 0.15) is 0 Å². The van der Waals surface area contributed by atoms with Crippen molar-refractivity contribution in [3.63, 3.8) is 0 Å². The van der Waals surface area contributed by atoms with Gasteiger partial charge in [0.25, 0.3) is 0 Å². The normalized spacial score (nSPS) is 15.8. The van der Waals surface area contributed by atoms with Gasteiger partial charge in [-0.1, -0.05) is 0 Å². The van der Waals surface area contributed by atoms with Crippen molar-refractivity contribution < 1.29 is 4.79 Å². The molecule has 1 atom stereocenters. The standard InChI is InChI=1S/C22H16N6OSe/c1-12-15-20(28(27-12)14-10-6-3-7-11-14)26-22-17(23-15)16-18(30-22)21(29)25-19(24-16)13-8-4-2-5-9-13/h2-11,19,24H,1H3,(H,25,29). The van der Waals surface area contributed by atoms with Crippen LogP contribution in [0.5, 0.6) is 0 Å². The summed E-state index contributed by atoms with van der Waals surface area (Å²) in [5, 5.41) is 11.2. The van der Waals surface area contributed by atoms with Gasteiger partial charge in [0.2, 0.25) is 0 Å². The van der Waals surface area contributed by atoms with E-state index in [9.17, 15) is 4.79 Å². The first-order valence-corrected chi connectivity index (χ1v) is 11.3. The summed E-state index contributed by atoms with van der Waals surface area (Å²) in [5.41, 5.74) is 5.79.